The van der Waals surface area contributed by atoms with Gasteiger partial charge < -0.3 is 5.32 Å². The van der Waals surface area contributed by atoms with Gasteiger partial charge in [0.25, 0.3) is 0 Å². The summed E-state index contributed by atoms with van der Waals surface area (Å²) in [5.74, 6) is 0.494. The molecule has 0 saturated heterocycles. The number of anilines is 2. The zero-order chi connectivity index (χ0) is 15.1. The number of aromatic nitrogens is 5. The van der Waals surface area contributed by atoms with Gasteiger partial charge in [0.1, 0.15) is 6.17 Å². The molecule has 0 aliphatic heterocycles. The van der Waals surface area contributed by atoms with Crippen LogP contribution >= 0.6 is 11.3 Å². The lowest BCUT2D eigenvalue weighted by Gasteiger charge is -2.02. The van der Waals surface area contributed by atoms with Crippen molar-refractivity contribution in [3.8, 4) is 11.3 Å². The van der Waals surface area contributed by atoms with Crippen LogP contribution in [0.4, 0.5) is 15.5 Å². The van der Waals surface area contributed by atoms with Crippen LogP contribution in [0.25, 0.3) is 11.3 Å². The molecule has 0 spiro atoms. The molecule has 4 rings (SSSR count). The number of rotatable bonds is 2. The van der Waals surface area contributed by atoms with Crippen LogP contribution in [0.2, 0.25) is 0 Å². The first-order valence-corrected chi connectivity index (χ1v) is 7.74. The number of aromatic amines is 1. The van der Waals surface area contributed by atoms with Gasteiger partial charge in [-0.2, -0.15) is 5.10 Å². The predicted octanol–water partition coefficient (Wildman–Crippen LogP) is 2.81. The Hall–Kier alpha value is -2.35. The smallest absolute Gasteiger partial charge is 0.229 e. The molecule has 3 aromatic rings. The first-order valence-electron chi connectivity index (χ1n) is 6.92. The molecule has 112 valence electrons. The van der Waals surface area contributed by atoms with Crippen molar-refractivity contribution in [1.82, 2.24) is 25.1 Å². The number of fused-ring (bicyclic) bond motifs is 3. The highest BCUT2D eigenvalue weighted by Crippen LogP contribution is 2.37. The Kier molecular flexibility index (Phi) is 3.11. The summed E-state index contributed by atoms with van der Waals surface area (Å²) < 4.78 is 14.0. The van der Waals surface area contributed by atoms with E-state index >= 15 is 0 Å². The van der Waals surface area contributed by atoms with Crippen LogP contribution in [0.3, 0.4) is 0 Å². The van der Waals surface area contributed by atoms with Gasteiger partial charge in [-0.1, -0.05) is 0 Å². The number of thiazole rings is 1. The lowest BCUT2D eigenvalue weighted by Crippen LogP contribution is -2.06. The molecule has 3 heterocycles. The summed E-state index contributed by atoms with van der Waals surface area (Å²) in [5, 5.41) is 10.7. The first-order chi connectivity index (χ1) is 10.7. The van der Waals surface area contributed by atoms with Crippen molar-refractivity contribution < 1.29 is 4.39 Å². The number of H-pyrrole nitrogens is 1. The highest BCUT2D eigenvalue weighted by molar-refractivity contribution is 7.16. The summed E-state index contributed by atoms with van der Waals surface area (Å²) in [7, 11) is 0. The zero-order valence-corrected chi connectivity index (χ0v) is 12.6. The molecule has 0 bridgehead atoms. The second-order valence-corrected chi connectivity index (χ2v) is 6.27. The van der Waals surface area contributed by atoms with Gasteiger partial charge >= 0.3 is 0 Å². The van der Waals surface area contributed by atoms with E-state index in [4.69, 9.17) is 0 Å². The van der Waals surface area contributed by atoms with E-state index in [0.717, 1.165) is 27.5 Å². The van der Waals surface area contributed by atoms with E-state index in [9.17, 15) is 4.39 Å². The molecule has 6 nitrogen and oxygen atoms in total. The third-order valence-electron chi connectivity index (χ3n) is 3.51. The average molecular weight is 316 g/mol. The molecule has 8 heteroatoms. The fourth-order valence-electron chi connectivity index (χ4n) is 2.52. The molecule has 3 aromatic heterocycles. The van der Waals surface area contributed by atoms with E-state index in [1.165, 1.54) is 11.3 Å². The van der Waals surface area contributed by atoms with Crippen LogP contribution in [0.15, 0.2) is 18.5 Å². The molecular weight excluding hydrogens is 303 g/mol. The van der Waals surface area contributed by atoms with Crippen LogP contribution in [-0.4, -0.2) is 31.3 Å². The highest BCUT2D eigenvalue weighted by Gasteiger charge is 2.26. The first kappa shape index (κ1) is 13.3. The summed E-state index contributed by atoms with van der Waals surface area (Å²) >= 11 is 1.44. The van der Waals surface area contributed by atoms with Crippen molar-refractivity contribution in [2.45, 2.75) is 25.9 Å². The van der Waals surface area contributed by atoms with E-state index in [0.29, 0.717) is 23.9 Å². The molecule has 22 heavy (non-hydrogen) atoms. The molecule has 2 N–H and O–H groups in total. The minimum absolute atomic E-state index is 0.325. The van der Waals surface area contributed by atoms with E-state index in [-0.39, 0.29) is 0 Å². The van der Waals surface area contributed by atoms with Gasteiger partial charge in [-0.25, -0.2) is 19.3 Å². The molecule has 1 unspecified atom stereocenters. The molecule has 1 aliphatic carbocycles. The Morgan fingerprint density at radius 3 is 3.14 bits per heavy atom. The monoisotopic (exact) mass is 316 g/mol. The summed E-state index contributed by atoms with van der Waals surface area (Å²) in [4.78, 5) is 14.0. The molecule has 0 radical (unpaired) electrons. The quantitative estimate of drug-likeness (QED) is 0.760. The van der Waals surface area contributed by atoms with Crippen LogP contribution in [0.5, 0.6) is 0 Å². The topological polar surface area (TPSA) is 79.4 Å². The summed E-state index contributed by atoms with van der Waals surface area (Å²) in [6, 6.07) is 1.83. The Bertz CT molecular complexity index is 826. The highest BCUT2D eigenvalue weighted by atomic mass is 32.1. The van der Waals surface area contributed by atoms with Crippen molar-refractivity contribution in [3.05, 3.63) is 34.7 Å². The van der Waals surface area contributed by atoms with E-state index in [2.05, 4.69) is 30.5 Å². The van der Waals surface area contributed by atoms with Crippen molar-refractivity contribution >= 4 is 22.4 Å². The number of nitrogens with one attached hydrogen (secondary N) is 2. The maximum atomic E-state index is 14.0. The second kappa shape index (κ2) is 5.13. The Morgan fingerprint density at radius 1 is 1.36 bits per heavy atom. The largest absolute Gasteiger partial charge is 0.300 e. The fraction of sp³-hybridized carbons (Fsp3) is 0.286. The summed E-state index contributed by atoms with van der Waals surface area (Å²) in [6.07, 6.45) is 3.21. The Balaban J connectivity index is 1.72. The summed E-state index contributed by atoms with van der Waals surface area (Å²) in [6.45, 7) is 1.90. The minimum atomic E-state index is -0.938. The molecular formula is C14H13FN6S. The number of aryl methyl sites for hydroxylation is 1. The number of nitrogens with zero attached hydrogens (tertiary/aromatic N) is 4. The van der Waals surface area contributed by atoms with Crippen LogP contribution in [-0.2, 0) is 12.8 Å². The van der Waals surface area contributed by atoms with Gasteiger partial charge in [0.05, 0.1) is 11.4 Å². The molecule has 1 aliphatic rings. The Morgan fingerprint density at radius 2 is 2.27 bits per heavy atom. The lowest BCUT2D eigenvalue weighted by molar-refractivity contribution is 0.331. The van der Waals surface area contributed by atoms with E-state index in [1.807, 2.05) is 13.0 Å². The molecule has 1 atom stereocenters. The normalized spacial score (nSPS) is 16.7. The lowest BCUT2D eigenvalue weighted by atomic mass is 10.1. The predicted molar refractivity (Wildman–Crippen MR) is 82.1 cm³/mol. The van der Waals surface area contributed by atoms with Crippen LogP contribution in [0.1, 0.15) is 16.3 Å². The van der Waals surface area contributed by atoms with Gasteiger partial charge in [-0.05, 0) is 13.0 Å². The van der Waals surface area contributed by atoms with Gasteiger partial charge in [0.15, 0.2) is 5.13 Å². The standard InChI is InChI=1S/C14H13FN6S/c1-7-2-3-16-13(18-7)20-14-19-12-9-6-17-21-10(9)4-8(15)5-11(12)22-14/h2-3,6,8H,4-5H2,1H3,(H,17,21)(H,16,18,19,20). The molecule has 0 aromatic carbocycles. The molecule has 0 amide bonds. The zero-order valence-electron chi connectivity index (χ0n) is 11.8. The third kappa shape index (κ3) is 2.35. The summed E-state index contributed by atoms with van der Waals surface area (Å²) in [5.41, 5.74) is 3.28. The van der Waals surface area contributed by atoms with Crippen LogP contribution < -0.4 is 5.32 Å². The van der Waals surface area contributed by atoms with Crippen molar-refractivity contribution in [2.24, 2.45) is 0 Å². The molecule has 0 saturated carbocycles. The van der Waals surface area contributed by atoms with Crippen LogP contribution in [0, 0.1) is 6.92 Å². The van der Waals surface area contributed by atoms with Crippen molar-refractivity contribution in [3.63, 3.8) is 0 Å². The fourth-order valence-corrected chi connectivity index (χ4v) is 3.55. The average Bonchev–Trinajstić information content (AvgIpc) is 3.03. The van der Waals surface area contributed by atoms with Gasteiger partial charge in [-0.15, -0.1) is 11.3 Å². The maximum absolute atomic E-state index is 14.0. The van der Waals surface area contributed by atoms with Gasteiger partial charge in [-0.3, -0.25) is 5.10 Å². The van der Waals surface area contributed by atoms with E-state index in [1.54, 1.807) is 12.4 Å². The number of halogens is 1. The van der Waals surface area contributed by atoms with Crippen molar-refractivity contribution in [2.75, 3.05) is 5.32 Å². The Labute approximate surface area is 129 Å². The SMILES string of the molecule is Cc1ccnc(Nc2nc3c(s2)CC(F)Cc2n[nH]cc2-3)n1. The minimum Gasteiger partial charge on any atom is -0.300 e. The van der Waals surface area contributed by atoms with Gasteiger partial charge in [0.2, 0.25) is 5.95 Å². The van der Waals surface area contributed by atoms with Gasteiger partial charge in [0, 0.05) is 41.4 Å². The third-order valence-corrected chi connectivity index (χ3v) is 4.50. The van der Waals surface area contributed by atoms with E-state index < -0.39 is 6.17 Å². The molecule has 0 fully saturated rings. The number of hydrogen-bond donors (Lipinski definition) is 2. The number of alkyl halides is 1. The maximum Gasteiger partial charge on any atom is 0.229 e. The van der Waals surface area contributed by atoms with Crippen molar-refractivity contribution in [1.29, 1.82) is 0 Å². The number of hydrogen-bond acceptors (Lipinski definition) is 6. The second-order valence-electron chi connectivity index (χ2n) is 5.19.